The summed E-state index contributed by atoms with van der Waals surface area (Å²) in [7, 11) is 0. The number of rotatable bonds is 14. The van der Waals surface area contributed by atoms with Gasteiger partial charge in [-0.05, 0) is 35.4 Å². The van der Waals surface area contributed by atoms with E-state index < -0.39 is 0 Å². The van der Waals surface area contributed by atoms with Crippen LogP contribution in [0.5, 0.6) is 11.5 Å². The zero-order chi connectivity index (χ0) is 20.9. The molecule has 0 spiro atoms. The minimum Gasteiger partial charge on any atom is -0.457 e. The van der Waals surface area contributed by atoms with Crippen LogP contribution in [-0.4, -0.2) is 82.8 Å². The van der Waals surface area contributed by atoms with Gasteiger partial charge in [0.1, 0.15) is 11.5 Å². The van der Waals surface area contributed by atoms with Crippen LogP contribution in [0.25, 0.3) is 0 Å². The van der Waals surface area contributed by atoms with Crippen molar-refractivity contribution in [2.75, 3.05) is 52.6 Å². The average molecular weight is 405 g/mol. The smallest absolute Gasteiger partial charge is 0.127 e. The van der Waals surface area contributed by atoms with E-state index in [0.717, 1.165) is 22.6 Å². The molecule has 160 valence electrons. The van der Waals surface area contributed by atoms with Gasteiger partial charge in [0.15, 0.2) is 0 Å². The lowest BCUT2D eigenvalue weighted by atomic mass is 10.2. The van der Waals surface area contributed by atoms with E-state index in [-0.39, 0.29) is 26.4 Å². The van der Waals surface area contributed by atoms with Gasteiger partial charge in [-0.3, -0.25) is 9.80 Å². The number of ether oxygens (including phenoxy) is 1. The molecule has 0 aromatic heterocycles. The number of aliphatic hydroxyl groups is 4. The molecule has 7 nitrogen and oxygen atoms in total. The van der Waals surface area contributed by atoms with Crippen molar-refractivity contribution in [3.63, 3.8) is 0 Å². The molecule has 0 amide bonds. The normalized spacial score (nSPS) is 11.4. The second-order valence-electron chi connectivity index (χ2n) is 6.84. The second-order valence-corrected chi connectivity index (χ2v) is 6.84. The summed E-state index contributed by atoms with van der Waals surface area (Å²) >= 11 is 0. The molecule has 0 radical (unpaired) electrons. The van der Waals surface area contributed by atoms with Gasteiger partial charge in [-0.15, -0.1) is 0 Å². The SMILES string of the molecule is OCCN(CCO)Cc1ccc(Oc2ccc(CN(CCO)CCO)cc2)cc1. The predicted octanol–water partition coefficient (Wildman–Crippen LogP) is 1.05. The average Bonchev–Trinajstić information content (AvgIpc) is 2.72. The van der Waals surface area contributed by atoms with Crippen LogP contribution in [0.4, 0.5) is 0 Å². The fourth-order valence-electron chi connectivity index (χ4n) is 3.08. The van der Waals surface area contributed by atoms with Crippen molar-refractivity contribution in [1.82, 2.24) is 9.80 Å². The third-order valence-electron chi connectivity index (χ3n) is 4.56. The van der Waals surface area contributed by atoms with Crippen molar-refractivity contribution in [2.24, 2.45) is 0 Å². The lowest BCUT2D eigenvalue weighted by Gasteiger charge is -2.20. The van der Waals surface area contributed by atoms with Crippen LogP contribution < -0.4 is 4.74 Å². The number of hydrogen-bond donors (Lipinski definition) is 4. The van der Waals surface area contributed by atoms with Crippen LogP contribution in [0, 0.1) is 0 Å². The molecule has 0 aliphatic rings. The highest BCUT2D eigenvalue weighted by atomic mass is 16.5. The maximum atomic E-state index is 9.10. The molecule has 0 heterocycles. The molecule has 0 aliphatic heterocycles. The Labute approximate surface area is 172 Å². The van der Waals surface area contributed by atoms with E-state index in [1.165, 1.54) is 0 Å². The topological polar surface area (TPSA) is 96.6 Å². The third kappa shape index (κ3) is 8.49. The van der Waals surface area contributed by atoms with Gasteiger partial charge in [-0.2, -0.15) is 0 Å². The van der Waals surface area contributed by atoms with Gasteiger partial charge in [-0.1, -0.05) is 24.3 Å². The lowest BCUT2D eigenvalue weighted by molar-refractivity contribution is 0.155. The summed E-state index contributed by atoms with van der Waals surface area (Å²) in [4.78, 5) is 3.98. The van der Waals surface area contributed by atoms with Crippen molar-refractivity contribution in [3.05, 3.63) is 59.7 Å². The van der Waals surface area contributed by atoms with Crippen molar-refractivity contribution in [2.45, 2.75) is 13.1 Å². The molecule has 0 bridgehead atoms. The van der Waals surface area contributed by atoms with Gasteiger partial charge in [0.25, 0.3) is 0 Å². The summed E-state index contributed by atoms with van der Waals surface area (Å²) in [5, 5.41) is 36.4. The predicted molar refractivity (Wildman–Crippen MR) is 112 cm³/mol. The van der Waals surface area contributed by atoms with Crippen LogP contribution in [0.2, 0.25) is 0 Å². The van der Waals surface area contributed by atoms with Gasteiger partial charge >= 0.3 is 0 Å². The standard InChI is InChI=1S/C22H32N2O5/c25-13-9-23(10-14-26)17-19-1-5-21(6-2-19)29-22-7-3-20(4-8-22)18-24(11-15-27)12-16-28/h1-8,25-28H,9-18H2. The Hall–Kier alpha value is -2.00. The number of nitrogens with zero attached hydrogens (tertiary/aromatic N) is 2. The minimum atomic E-state index is 0.0644. The Balaban J connectivity index is 1.91. The molecule has 4 N–H and O–H groups in total. The molecular weight excluding hydrogens is 372 g/mol. The maximum absolute atomic E-state index is 9.10. The second kappa shape index (κ2) is 13.3. The van der Waals surface area contributed by atoms with Crippen LogP contribution in [0.1, 0.15) is 11.1 Å². The van der Waals surface area contributed by atoms with E-state index in [9.17, 15) is 0 Å². The summed E-state index contributed by atoms with van der Waals surface area (Å²) in [6.07, 6.45) is 0. The highest BCUT2D eigenvalue weighted by Gasteiger charge is 2.07. The molecular formula is C22H32N2O5. The summed E-state index contributed by atoms with van der Waals surface area (Å²) in [5.41, 5.74) is 2.17. The molecule has 2 rings (SSSR count). The van der Waals surface area contributed by atoms with Crippen LogP contribution in [0.3, 0.4) is 0 Å². The van der Waals surface area contributed by atoms with Gasteiger partial charge in [0.05, 0.1) is 26.4 Å². The van der Waals surface area contributed by atoms with Gasteiger partial charge in [0.2, 0.25) is 0 Å². The van der Waals surface area contributed by atoms with Gasteiger partial charge in [0, 0.05) is 39.3 Å². The Kier molecular flexibility index (Phi) is 10.6. The molecule has 0 saturated carbocycles. The van der Waals surface area contributed by atoms with Crippen molar-refractivity contribution in [3.8, 4) is 11.5 Å². The minimum absolute atomic E-state index is 0.0644. The van der Waals surface area contributed by atoms with Crippen molar-refractivity contribution >= 4 is 0 Å². The fourth-order valence-corrected chi connectivity index (χ4v) is 3.08. The van der Waals surface area contributed by atoms with E-state index in [1.807, 2.05) is 58.3 Å². The monoisotopic (exact) mass is 404 g/mol. The quantitative estimate of drug-likeness (QED) is 0.374. The first kappa shape index (κ1) is 23.3. The molecule has 29 heavy (non-hydrogen) atoms. The van der Waals surface area contributed by atoms with Crippen LogP contribution >= 0.6 is 0 Å². The van der Waals surface area contributed by atoms with Crippen molar-refractivity contribution in [1.29, 1.82) is 0 Å². The van der Waals surface area contributed by atoms with Gasteiger partial charge < -0.3 is 25.2 Å². The van der Waals surface area contributed by atoms with E-state index in [2.05, 4.69) is 0 Å². The molecule has 0 saturated heterocycles. The van der Waals surface area contributed by atoms with Crippen LogP contribution in [-0.2, 0) is 13.1 Å². The first-order valence-electron chi connectivity index (χ1n) is 9.92. The molecule has 0 aliphatic carbocycles. The fraction of sp³-hybridized carbons (Fsp3) is 0.455. The summed E-state index contributed by atoms with van der Waals surface area (Å²) in [6, 6.07) is 15.5. The molecule has 2 aromatic carbocycles. The summed E-state index contributed by atoms with van der Waals surface area (Å²) in [6.45, 7) is 3.69. The van der Waals surface area contributed by atoms with E-state index in [4.69, 9.17) is 25.2 Å². The highest BCUT2D eigenvalue weighted by molar-refractivity contribution is 5.34. The lowest BCUT2D eigenvalue weighted by Crippen LogP contribution is -2.29. The Morgan fingerprint density at radius 3 is 1.10 bits per heavy atom. The number of hydrogen-bond acceptors (Lipinski definition) is 7. The van der Waals surface area contributed by atoms with E-state index >= 15 is 0 Å². The Morgan fingerprint density at radius 2 is 0.828 bits per heavy atom. The van der Waals surface area contributed by atoms with Crippen LogP contribution in [0.15, 0.2) is 48.5 Å². The zero-order valence-corrected chi connectivity index (χ0v) is 16.8. The Bertz CT molecular complexity index is 607. The molecule has 7 heteroatoms. The molecule has 0 fully saturated rings. The maximum Gasteiger partial charge on any atom is 0.127 e. The number of aliphatic hydroxyl groups excluding tert-OH is 4. The van der Waals surface area contributed by atoms with E-state index in [0.29, 0.717) is 39.3 Å². The molecule has 0 atom stereocenters. The number of benzene rings is 2. The summed E-state index contributed by atoms with van der Waals surface area (Å²) in [5.74, 6) is 1.47. The van der Waals surface area contributed by atoms with E-state index in [1.54, 1.807) is 0 Å². The first-order valence-corrected chi connectivity index (χ1v) is 9.92. The Morgan fingerprint density at radius 1 is 0.517 bits per heavy atom. The summed E-state index contributed by atoms with van der Waals surface area (Å²) < 4.78 is 5.90. The molecule has 0 unspecified atom stereocenters. The zero-order valence-electron chi connectivity index (χ0n) is 16.8. The molecule has 2 aromatic rings. The highest BCUT2D eigenvalue weighted by Crippen LogP contribution is 2.23. The largest absolute Gasteiger partial charge is 0.457 e. The van der Waals surface area contributed by atoms with Crippen molar-refractivity contribution < 1.29 is 25.2 Å². The van der Waals surface area contributed by atoms with Gasteiger partial charge in [-0.25, -0.2) is 0 Å². The first-order chi connectivity index (χ1) is 14.2. The third-order valence-corrected chi connectivity index (χ3v) is 4.56.